The second-order valence-electron chi connectivity index (χ2n) is 9.13. The van der Waals surface area contributed by atoms with Gasteiger partial charge in [0.1, 0.15) is 5.75 Å². The number of rotatable bonds is 12. The zero-order valence-electron chi connectivity index (χ0n) is 22.2. The number of carboxylic acids is 1. The summed E-state index contributed by atoms with van der Waals surface area (Å²) in [6, 6.07) is 25.4. The molecular formula is C32H31N3O5. The number of hydrogen-bond acceptors (Lipinski definition) is 5. The topological polar surface area (TPSA) is 109 Å². The fourth-order valence-electron chi connectivity index (χ4n) is 4.47. The van der Waals surface area contributed by atoms with Crippen LogP contribution in [0.4, 0.5) is 0 Å². The standard InChI is InChI=1S/C32H31N3O5/c1-40-29-15-7-2-10-24(29)22-34-31(38)27-13-5-3-11-25(27)26-12-4-6-14-28(26)32(39)35(20-17-30(36)37)19-16-23-9-8-18-33-21-23/h2-15,18,21H,16-17,19-20,22H2,1H3,(H,34,38)(H,36,37). The molecule has 0 bridgehead atoms. The van der Waals surface area contributed by atoms with Gasteiger partial charge in [0.2, 0.25) is 0 Å². The van der Waals surface area contributed by atoms with Crippen molar-refractivity contribution in [3.05, 3.63) is 120 Å². The molecular weight excluding hydrogens is 506 g/mol. The maximum atomic E-state index is 13.8. The molecule has 8 nitrogen and oxygen atoms in total. The van der Waals surface area contributed by atoms with Crippen LogP contribution in [0.25, 0.3) is 11.1 Å². The van der Waals surface area contributed by atoms with Crippen LogP contribution in [0, 0.1) is 0 Å². The molecule has 0 aliphatic carbocycles. The van der Waals surface area contributed by atoms with Crippen molar-refractivity contribution in [1.82, 2.24) is 15.2 Å². The minimum absolute atomic E-state index is 0.0593. The first-order valence-corrected chi connectivity index (χ1v) is 13.0. The maximum absolute atomic E-state index is 13.8. The molecule has 0 atom stereocenters. The molecule has 204 valence electrons. The van der Waals surface area contributed by atoms with E-state index in [1.807, 2.05) is 48.5 Å². The molecule has 0 fully saturated rings. The molecule has 4 aromatic rings. The third-order valence-electron chi connectivity index (χ3n) is 6.53. The highest BCUT2D eigenvalue weighted by molar-refractivity contribution is 6.06. The van der Waals surface area contributed by atoms with Gasteiger partial charge in [-0.2, -0.15) is 0 Å². The van der Waals surface area contributed by atoms with Gasteiger partial charge >= 0.3 is 5.97 Å². The third-order valence-corrected chi connectivity index (χ3v) is 6.53. The number of methoxy groups -OCH3 is 1. The van der Waals surface area contributed by atoms with E-state index in [2.05, 4.69) is 10.3 Å². The molecule has 1 heterocycles. The maximum Gasteiger partial charge on any atom is 0.305 e. The number of ether oxygens (including phenoxy) is 1. The SMILES string of the molecule is COc1ccccc1CNC(=O)c1ccccc1-c1ccccc1C(=O)N(CCC(=O)O)CCc1cccnc1. The molecule has 0 spiro atoms. The van der Waals surface area contributed by atoms with Gasteiger partial charge < -0.3 is 20.1 Å². The van der Waals surface area contributed by atoms with Gasteiger partial charge in [-0.3, -0.25) is 19.4 Å². The highest BCUT2D eigenvalue weighted by Crippen LogP contribution is 2.29. The predicted molar refractivity (Wildman–Crippen MR) is 152 cm³/mol. The van der Waals surface area contributed by atoms with Crippen LogP contribution >= 0.6 is 0 Å². The van der Waals surface area contributed by atoms with Crippen molar-refractivity contribution in [2.75, 3.05) is 20.2 Å². The summed E-state index contributed by atoms with van der Waals surface area (Å²) in [4.78, 5) is 44.2. The molecule has 2 amide bonds. The molecule has 0 aliphatic heterocycles. The van der Waals surface area contributed by atoms with Crippen LogP contribution in [0.5, 0.6) is 5.75 Å². The van der Waals surface area contributed by atoms with E-state index in [0.717, 1.165) is 11.1 Å². The van der Waals surface area contributed by atoms with Crippen molar-refractivity contribution in [3.8, 4) is 16.9 Å². The summed E-state index contributed by atoms with van der Waals surface area (Å²) in [6.45, 7) is 0.659. The van der Waals surface area contributed by atoms with Crippen LogP contribution in [-0.2, 0) is 17.8 Å². The number of aromatic nitrogens is 1. The van der Waals surface area contributed by atoms with Gasteiger partial charge in [0.25, 0.3) is 11.8 Å². The van der Waals surface area contributed by atoms with Crippen LogP contribution in [0.1, 0.15) is 38.3 Å². The number of pyridine rings is 1. The molecule has 0 aliphatic rings. The second kappa shape index (κ2) is 13.7. The largest absolute Gasteiger partial charge is 0.496 e. The first-order chi connectivity index (χ1) is 19.5. The van der Waals surface area contributed by atoms with Crippen LogP contribution in [0.3, 0.4) is 0 Å². The fraction of sp³-hybridized carbons (Fsp3) is 0.188. The Balaban J connectivity index is 1.61. The zero-order chi connectivity index (χ0) is 28.3. The van der Waals surface area contributed by atoms with E-state index < -0.39 is 5.97 Å². The number of carboxylic acid groups (broad SMARTS) is 1. The quantitative estimate of drug-likeness (QED) is 0.268. The van der Waals surface area contributed by atoms with Crippen LogP contribution in [0.15, 0.2) is 97.3 Å². The van der Waals surface area contributed by atoms with Crippen LogP contribution < -0.4 is 10.1 Å². The second-order valence-corrected chi connectivity index (χ2v) is 9.13. The lowest BCUT2D eigenvalue weighted by Gasteiger charge is -2.24. The Morgan fingerprint density at radius 3 is 2.23 bits per heavy atom. The van der Waals surface area contributed by atoms with Gasteiger partial charge in [0.05, 0.1) is 13.5 Å². The number of carbonyl (C=O) groups excluding carboxylic acids is 2. The minimum Gasteiger partial charge on any atom is -0.496 e. The van der Waals surface area contributed by atoms with Crippen LogP contribution in [0.2, 0.25) is 0 Å². The van der Waals surface area contributed by atoms with Crippen molar-refractivity contribution in [2.45, 2.75) is 19.4 Å². The molecule has 1 aromatic heterocycles. The summed E-state index contributed by atoms with van der Waals surface area (Å²) in [5, 5.41) is 12.3. The summed E-state index contributed by atoms with van der Waals surface area (Å²) in [7, 11) is 1.58. The highest BCUT2D eigenvalue weighted by Gasteiger charge is 2.22. The molecule has 8 heteroatoms. The third kappa shape index (κ3) is 7.11. The Morgan fingerprint density at radius 2 is 1.52 bits per heavy atom. The Bertz CT molecular complexity index is 1470. The molecule has 0 saturated heterocycles. The smallest absolute Gasteiger partial charge is 0.305 e. The van der Waals surface area contributed by atoms with Crippen molar-refractivity contribution in [2.24, 2.45) is 0 Å². The summed E-state index contributed by atoms with van der Waals surface area (Å²) < 4.78 is 5.39. The summed E-state index contributed by atoms with van der Waals surface area (Å²) >= 11 is 0. The van der Waals surface area contributed by atoms with Crippen molar-refractivity contribution >= 4 is 17.8 Å². The lowest BCUT2D eigenvalue weighted by atomic mass is 9.94. The summed E-state index contributed by atoms with van der Waals surface area (Å²) in [5.41, 5.74) is 3.80. The number of hydrogen-bond donors (Lipinski definition) is 2. The van der Waals surface area contributed by atoms with E-state index in [1.54, 1.807) is 60.8 Å². The van der Waals surface area contributed by atoms with E-state index in [9.17, 15) is 19.5 Å². The molecule has 2 N–H and O–H groups in total. The van der Waals surface area contributed by atoms with E-state index in [0.29, 0.717) is 41.0 Å². The first-order valence-electron chi connectivity index (χ1n) is 13.0. The predicted octanol–water partition coefficient (Wildman–Crippen LogP) is 4.85. The number of nitrogens with zero attached hydrogens (tertiary/aromatic N) is 2. The van der Waals surface area contributed by atoms with Crippen molar-refractivity contribution in [1.29, 1.82) is 0 Å². The number of carbonyl (C=O) groups is 3. The number of aliphatic carboxylic acids is 1. The average molecular weight is 538 g/mol. The lowest BCUT2D eigenvalue weighted by Crippen LogP contribution is -2.35. The molecule has 40 heavy (non-hydrogen) atoms. The normalized spacial score (nSPS) is 10.5. The molecule has 4 rings (SSSR count). The summed E-state index contributed by atoms with van der Waals surface area (Å²) in [5.74, 6) is -0.891. The van der Waals surface area contributed by atoms with Gasteiger partial charge in [-0.05, 0) is 47.4 Å². The minimum atomic E-state index is -0.982. The summed E-state index contributed by atoms with van der Waals surface area (Å²) in [6.07, 6.45) is 3.76. The van der Waals surface area contributed by atoms with Gasteiger partial charge in [-0.25, -0.2) is 0 Å². The molecule has 0 saturated carbocycles. The first kappa shape index (κ1) is 28.0. The average Bonchev–Trinajstić information content (AvgIpc) is 3.00. The van der Waals surface area contributed by atoms with Gasteiger partial charge in [0.15, 0.2) is 0 Å². The van der Waals surface area contributed by atoms with Crippen molar-refractivity contribution in [3.63, 3.8) is 0 Å². The highest BCUT2D eigenvalue weighted by atomic mass is 16.5. The van der Waals surface area contributed by atoms with Gasteiger partial charge in [-0.15, -0.1) is 0 Å². The molecule has 0 radical (unpaired) electrons. The zero-order valence-corrected chi connectivity index (χ0v) is 22.2. The number of benzene rings is 3. The number of nitrogens with one attached hydrogen (secondary N) is 1. The van der Waals surface area contributed by atoms with E-state index in [4.69, 9.17) is 4.74 Å². The van der Waals surface area contributed by atoms with Gasteiger partial charge in [0, 0.05) is 48.7 Å². The van der Waals surface area contributed by atoms with E-state index in [-0.39, 0.29) is 31.3 Å². The van der Waals surface area contributed by atoms with Gasteiger partial charge in [-0.1, -0.05) is 60.7 Å². The van der Waals surface area contributed by atoms with E-state index >= 15 is 0 Å². The molecule has 0 unspecified atom stereocenters. The van der Waals surface area contributed by atoms with E-state index in [1.165, 1.54) is 0 Å². The fourth-order valence-corrected chi connectivity index (χ4v) is 4.47. The Morgan fingerprint density at radius 1 is 0.850 bits per heavy atom. The number of amides is 2. The Hall–Kier alpha value is -4.98. The monoisotopic (exact) mass is 537 g/mol. The van der Waals surface area contributed by atoms with Crippen LogP contribution in [-0.4, -0.2) is 53.0 Å². The number of para-hydroxylation sites is 1. The van der Waals surface area contributed by atoms with Crippen molar-refractivity contribution < 1.29 is 24.2 Å². The Labute approximate surface area is 233 Å². The lowest BCUT2D eigenvalue weighted by molar-refractivity contribution is -0.137. The molecule has 3 aromatic carbocycles. The Kier molecular flexibility index (Phi) is 9.61.